The Morgan fingerprint density at radius 1 is 1.38 bits per heavy atom. The van der Waals surface area contributed by atoms with Crippen molar-refractivity contribution in [1.82, 2.24) is 5.32 Å². The molecule has 0 aromatic heterocycles. The Balaban J connectivity index is 2.47. The van der Waals surface area contributed by atoms with Gasteiger partial charge in [-0.3, -0.25) is 4.79 Å². The molecule has 1 aromatic rings. The fourth-order valence-corrected chi connectivity index (χ4v) is 1.07. The van der Waals surface area contributed by atoms with Gasteiger partial charge < -0.3 is 10.4 Å². The van der Waals surface area contributed by atoms with Gasteiger partial charge in [-0.05, 0) is 18.2 Å². The first kappa shape index (κ1) is 12.4. The molecule has 0 unspecified atom stereocenters. The second-order valence-electron chi connectivity index (χ2n) is 3.17. The molecule has 0 fully saturated rings. The van der Waals surface area contributed by atoms with Crippen molar-refractivity contribution >= 4 is 5.91 Å². The average molecular weight is 233 g/mol. The van der Waals surface area contributed by atoms with Crippen molar-refractivity contribution in [2.45, 2.75) is 12.6 Å². The van der Waals surface area contributed by atoms with E-state index in [1.165, 1.54) is 24.3 Å². The molecule has 0 bridgehead atoms. The second kappa shape index (κ2) is 4.87. The summed E-state index contributed by atoms with van der Waals surface area (Å²) in [5.41, 5.74) is 0.127. The van der Waals surface area contributed by atoms with Crippen LogP contribution >= 0.6 is 0 Å². The Hall–Kier alpha value is -1.72. The van der Waals surface area contributed by atoms with E-state index in [1.54, 1.807) is 0 Å². The standard InChI is InChI=1S/C10H10F3NO2/c11-10(12,13)4-5-14-9(16)7-2-1-3-8(15)6-7/h1-3,6,15H,4-5H2,(H,14,16). The summed E-state index contributed by atoms with van der Waals surface area (Å²) >= 11 is 0. The number of hydrogen-bond acceptors (Lipinski definition) is 2. The summed E-state index contributed by atoms with van der Waals surface area (Å²) in [5, 5.41) is 11.2. The zero-order chi connectivity index (χ0) is 12.2. The largest absolute Gasteiger partial charge is 0.508 e. The summed E-state index contributed by atoms with van der Waals surface area (Å²) in [6.07, 6.45) is -5.36. The van der Waals surface area contributed by atoms with Crippen molar-refractivity contribution in [3.63, 3.8) is 0 Å². The monoisotopic (exact) mass is 233 g/mol. The number of alkyl halides is 3. The second-order valence-corrected chi connectivity index (χ2v) is 3.17. The smallest absolute Gasteiger partial charge is 0.390 e. The van der Waals surface area contributed by atoms with Crippen LogP contribution < -0.4 is 5.32 Å². The van der Waals surface area contributed by atoms with Crippen LogP contribution in [0.2, 0.25) is 0 Å². The van der Waals surface area contributed by atoms with Gasteiger partial charge in [-0.15, -0.1) is 0 Å². The third-order valence-electron chi connectivity index (χ3n) is 1.80. The molecule has 6 heteroatoms. The van der Waals surface area contributed by atoms with Crippen LogP contribution in [0.3, 0.4) is 0 Å². The summed E-state index contributed by atoms with van der Waals surface area (Å²) in [5.74, 6) is -0.747. The number of benzene rings is 1. The Kier molecular flexibility index (Phi) is 3.76. The van der Waals surface area contributed by atoms with Gasteiger partial charge in [0.15, 0.2) is 0 Å². The predicted molar refractivity (Wildman–Crippen MR) is 51.1 cm³/mol. The lowest BCUT2D eigenvalue weighted by molar-refractivity contribution is -0.132. The molecule has 0 spiro atoms. The highest BCUT2D eigenvalue weighted by Gasteiger charge is 2.26. The third kappa shape index (κ3) is 4.20. The normalized spacial score (nSPS) is 11.2. The van der Waals surface area contributed by atoms with Crippen LogP contribution in [-0.2, 0) is 0 Å². The molecule has 0 aliphatic heterocycles. The lowest BCUT2D eigenvalue weighted by atomic mass is 10.2. The fourth-order valence-electron chi connectivity index (χ4n) is 1.07. The van der Waals surface area contributed by atoms with Gasteiger partial charge >= 0.3 is 6.18 Å². The number of nitrogens with one attached hydrogen (secondary N) is 1. The highest BCUT2D eigenvalue weighted by Crippen LogP contribution is 2.18. The van der Waals surface area contributed by atoms with Crippen molar-refractivity contribution in [3.05, 3.63) is 29.8 Å². The summed E-state index contributed by atoms with van der Waals surface area (Å²) in [6, 6.07) is 5.39. The first-order valence-electron chi connectivity index (χ1n) is 4.52. The molecule has 1 rings (SSSR count). The molecule has 2 N–H and O–H groups in total. The van der Waals surface area contributed by atoms with Crippen LogP contribution in [0.25, 0.3) is 0 Å². The number of phenolic OH excluding ortho intramolecular Hbond substituents is 1. The van der Waals surface area contributed by atoms with Crippen molar-refractivity contribution in [2.24, 2.45) is 0 Å². The molecule has 16 heavy (non-hydrogen) atoms. The van der Waals surface area contributed by atoms with E-state index in [0.717, 1.165) is 0 Å². The topological polar surface area (TPSA) is 49.3 Å². The molecule has 0 saturated heterocycles. The quantitative estimate of drug-likeness (QED) is 0.839. The van der Waals surface area contributed by atoms with E-state index in [9.17, 15) is 18.0 Å². The van der Waals surface area contributed by atoms with Gasteiger partial charge in [0.2, 0.25) is 0 Å². The van der Waals surface area contributed by atoms with Crippen molar-refractivity contribution in [2.75, 3.05) is 6.54 Å². The maximum Gasteiger partial charge on any atom is 0.390 e. The molecular formula is C10H10F3NO2. The number of halogens is 3. The SMILES string of the molecule is O=C(NCCC(F)(F)F)c1cccc(O)c1. The number of carbonyl (C=O) groups excluding carboxylic acids is 1. The van der Waals surface area contributed by atoms with E-state index in [0.29, 0.717) is 0 Å². The Morgan fingerprint density at radius 2 is 2.06 bits per heavy atom. The maximum absolute atomic E-state index is 11.8. The molecular weight excluding hydrogens is 223 g/mol. The first-order valence-corrected chi connectivity index (χ1v) is 4.52. The number of rotatable bonds is 3. The maximum atomic E-state index is 11.8. The van der Waals surface area contributed by atoms with Crippen LogP contribution in [0.1, 0.15) is 16.8 Å². The van der Waals surface area contributed by atoms with Crippen LogP contribution in [0.5, 0.6) is 5.75 Å². The van der Waals surface area contributed by atoms with Crippen LogP contribution in [0.4, 0.5) is 13.2 Å². The third-order valence-corrected chi connectivity index (χ3v) is 1.80. The fraction of sp³-hybridized carbons (Fsp3) is 0.300. The van der Waals surface area contributed by atoms with Gasteiger partial charge in [-0.25, -0.2) is 0 Å². The van der Waals surface area contributed by atoms with Crippen LogP contribution in [0, 0.1) is 0 Å². The van der Waals surface area contributed by atoms with Crippen molar-refractivity contribution < 1.29 is 23.1 Å². The molecule has 0 radical (unpaired) electrons. The van der Waals surface area contributed by atoms with E-state index in [2.05, 4.69) is 5.32 Å². The van der Waals surface area contributed by atoms with Gasteiger partial charge in [0.1, 0.15) is 5.75 Å². The molecule has 0 saturated carbocycles. The molecule has 0 atom stereocenters. The highest BCUT2D eigenvalue weighted by molar-refractivity contribution is 5.94. The molecule has 0 heterocycles. The minimum absolute atomic E-state index is 0.108. The summed E-state index contributed by atoms with van der Waals surface area (Å²) in [4.78, 5) is 11.3. The number of carbonyl (C=O) groups is 1. The van der Waals surface area contributed by atoms with E-state index >= 15 is 0 Å². The number of amides is 1. The summed E-state index contributed by atoms with van der Waals surface area (Å²) in [7, 11) is 0. The Bertz CT molecular complexity index is 377. The molecule has 88 valence electrons. The number of hydrogen-bond donors (Lipinski definition) is 2. The van der Waals surface area contributed by atoms with Gasteiger partial charge in [0, 0.05) is 12.1 Å². The van der Waals surface area contributed by atoms with E-state index in [4.69, 9.17) is 5.11 Å². The molecule has 0 aliphatic rings. The molecule has 1 aromatic carbocycles. The van der Waals surface area contributed by atoms with Gasteiger partial charge in [0.25, 0.3) is 5.91 Å². The first-order chi connectivity index (χ1) is 7.38. The van der Waals surface area contributed by atoms with E-state index in [1.807, 2.05) is 0 Å². The molecule has 3 nitrogen and oxygen atoms in total. The van der Waals surface area contributed by atoms with Crippen molar-refractivity contribution in [3.8, 4) is 5.75 Å². The summed E-state index contributed by atoms with van der Waals surface area (Å²) < 4.78 is 35.3. The lowest BCUT2D eigenvalue weighted by Crippen LogP contribution is -2.27. The number of phenols is 1. The Labute approximate surface area is 89.9 Å². The van der Waals surface area contributed by atoms with Crippen molar-refractivity contribution in [1.29, 1.82) is 0 Å². The Morgan fingerprint density at radius 3 is 2.62 bits per heavy atom. The lowest BCUT2D eigenvalue weighted by Gasteiger charge is -2.07. The van der Waals surface area contributed by atoms with Crippen LogP contribution in [0.15, 0.2) is 24.3 Å². The van der Waals surface area contributed by atoms with Gasteiger partial charge in [0.05, 0.1) is 6.42 Å². The van der Waals surface area contributed by atoms with Gasteiger partial charge in [-0.1, -0.05) is 6.07 Å². The molecule has 0 aliphatic carbocycles. The zero-order valence-corrected chi connectivity index (χ0v) is 8.21. The van der Waals surface area contributed by atoms with Gasteiger partial charge in [-0.2, -0.15) is 13.2 Å². The van der Waals surface area contributed by atoms with Crippen LogP contribution in [-0.4, -0.2) is 23.7 Å². The summed E-state index contributed by atoms with van der Waals surface area (Å²) in [6.45, 7) is -0.474. The zero-order valence-electron chi connectivity index (χ0n) is 8.21. The van der Waals surface area contributed by atoms with E-state index in [-0.39, 0.29) is 11.3 Å². The van der Waals surface area contributed by atoms with E-state index < -0.39 is 25.0 Å². The highest BCUT2D eigenvalue weighted by atomic mass is 19.4. The minimum atomic E-state index is -4.29. The average Bonchev–Trinajstić information content (AvgIpc) is 2.15. The molecule has 1 amide bonds. The predicted octanol–water partition coefficient (Wildman–Crippen LogP) is 2.07. The number of aromatic hydroxyl groups is 1. The minimum Gasteiger partial charge on any atom is -0.508 e.